The maximum atomic E-state index is 12.0. The molecule has 1 aromatic rings. The predicted molar refractivity (Wildman–Crippen MR) is 83.3 cm³/mol. The van der Waals surface area contributed by atoms with Crippen molar-refractivity contribution in [3.63, 3.8) is 0 Å². The zero-order valence-corrected chi connectivity index (χ0v) is 13.8. The Morgan fingerprint density at radius 1 is 1.45 bits per heavy atom. The van der Waals surface area contributed by atoms with E-state index in [1.807, 2.05) is 6.92 Å². The minimum absolute atomic E-state index is 0.349. The van der Waals surface area contributed by atoms with Crippen molar-refractivity contribution in [3.8, 4) is 11.8 Å². The second kappa shape index (κ2) is 7.97. The van der Waals surface area contributed by atoms with E-state index in [1.54, 1.807) is 26.0 Å². The summed E-state index contributed by atoms with van der Waals surface area (Å²) in [7, 11) is 0. The molecule has 22 heavy (non-hydrogen) atoms. The number of unbranched alkanes of at least 4 members (excludes halogenated alkanes) is 1. The molecular formula is C16H20NO4S-. The fourth-order valence-electron chi connectivity index (χ4n) is 1.63. The van der Waals surface area contributed by atoms with Crippen molar-refractivity contribution < 1.29 is 19.8 Å². The third kappa shape index (κ3) is 6.29. The molecule has 0 aliphatic heterocycles. The topological polar surface area (TPSA) is 89.5 Å². The number of carbonyl (C=O) groups excluding carboxylic acids is 2. The van der Waals surface area contributed by atoms with Gasteiger partial charge in [0.2, 0.25) is 0 Å². The van der Waals surface area contributed by atoms with Crippen molar-refractivity contribution >= 4 is 23.2 Å². The Morgan fingerprint density at radius 3 is 2.68 bits per heavy atom. The highest BCUT2D eigenvalue weighted by molar-refractivity contribution is 7.14. The smallest absolute Gasteiger partial charge is 0.261 e. The molecule has 0 saturated heterocycles. The van der Waals surface area contributed by atoms with Gasteiger partial charge in [-0.25, -0.2) is 0 Å². The Balaban J connectivity index is 2.75. The molecule has 2 N–H and O–H groups in total. The van der Waals surface area contributed by atoms with Crippen LogP contribution in [0, 0.1) is 11.8 Å². The van der Waals surface area contributed by atoms with Crippen molar-refractivity contribution in [1.29, 1.82) is 0 Å². The molecule has 0 aromatic carbocycles. The summed E-state index contributed by atoms with van der Waals surface area (Å²) in [6.45, 7) is 5.08. The van der Waals surface area contributed by atoms with E-state index < -0.39 is 23.5 Å². The molecule has 1 aromatic heterocycles. The number of hydrogen-bond donors (Lipinski definition) is 2. The third-order valence-corrected chi connectivity index (χ3v) is 3.76. The van der Waals surface area contributed by atoms with Crippen LogP contribution < -0.4 is 10.4 Å². The van der Waals surface area contributed by atoms with E-state index >= 15 is 0 Å². The number of hydrogen-bond acceptors (Lipinski definition) is 5. The first-order valence-electron chi connectivity index (χ1n) is 7.10. The van der Waals surface area contributed by atoms with Gasteiger partial charge in [0.15, 0.2) is 0 Å². The molecule has 120 valence electrons. The molecule has 0 bridgehead atoms. The first-order valence-corrected chi connectivity index (χ1v) is 7.91. The summed E-state index contributed by atoms with van der Waals surface area (Å²) in [6.07, 6.45) is 1.89. The molecule has 0 saturated carbocycles. The molecule has 0 aliphatic rings. The van der Waals surface area contributed by atoms with Crippen molar-refractivity contribution in [2.75, 3.05) is 0 Å². The van der Waals surface area contributed by atoms with E-state index in [0.29, 0.717) is 22.6 Å². The van der Waals surface area contributed by atoms with Crippen LogP contribution in [0.4, 0.5) is 0 Å². The first kappa shape index (κ1) is 18.2. The van der Waals surface area contributed by atoms with Crippen LogP contribution in [0.5, 0.6) is 0 Å². The Bertz CT molecular complexity index is 589. The number of aliphatic carboxylic acids is 1. The second-order valence-corrected chi connectivity index (χ2v) is 6.54. The molecule has 1 rings (SSSR count). The van der Waals surface area contributed by atoms with Gasteiger partial charge < -0.3 is 20.3 Å². The number of amides is 1. The van der Waals surface area contributed by atoms with Crippen molar-refractivity contribution in [1.82, 2.24) is 5.32 Å². The lowest BCUT2D eigenvalue weighted by molar-refractivity contribution is -0.308. The first-order chi connectivity index (χ1) is 10.2. The van der Waals surface area contributed by atoms with Gasteiger partial charge in [0.05, 0.1) is 21.8 Å². The monoisotopic (exact) mass is 322 g/mol. The predicted octanol–water partition coefficient (Wildman–Crippen LogP) is 0.909. The number of carboxylic acids is 1. The highest BCUT2D eigenvalue weighted by atomic mass is 32.1. The lowest BCUT2D eigenvalue weighted by atomic mass is 10.1. The molecule has 1 heterocycles. The summed E-state index contributed by atoms with van der Waals surface area (Å²) in [5.74, 6) is 3.71. The van der Waals surface area contributed by atoms with Crippen LogP contribution in [0.1, 0.15) is 54.6 Å². The number of aliphatic hydroxyl groups is 1. The van der Waals surface area contributed by atoms with Gasteiger partial charge in [0, 0.05) is 0 Å². The molecule has 0 fully saturated rings. The number of thiophene rings is 1. The van der Waals surface area contributed by atoms with Crippen LogP contribution in [0.3, 0.4) is 0 Å². The molecule has 0 aliphatic carbocycles. The highest BCUT2D eigenvalue weighted by Gasteiger charge is 2.16. The van der Waals surface area contributed by atoms with Gasteiger partial charge >= 0.3 is 0 Å². The SMILES string of the molecule is CCCC[C@@H](NC(=O)c1ccc(C#CC(C)(C)O)s1)C(=O)[O-]. The minimum Gasteiger partial charge on any atom is -0.548 e. The standard InChI is InChI=1S/C16H21NO4S/c1-4-5-6-12(15(19)20)17-14(18)13-8-7-11(22-13)9-10-16(2,3)21/h7-8,12,21H,4-6H2,1-3H3,(H,17,18)(H,19,20)/p-1/t12-/m1/s1. The number of nitrogens with one attached hydrogen (secondary N) is 1. The average molecular weight is 322 g/mol. The number of carboxylic acid groups (broad SMARTS) is 1. The molecule has 1 amide bonds. The second-order valence-electron chi connectivity index (χ2n) is 5.46. The van der Waals surface area contributed by atoms with Crippen LogP contribution in [-0.2, 0) is 4.79 Å². The molecule has 5 nitrogen and oxygen atoms in total. The van der Waals surface area contributed by atoms with E-state index in [0.717, 1.165) is 17.8 Å². The summed E-state index contributed by atoms with van der Waals surface area (Å²) < 4.78 is 0. The van der Waals surface area contributed by atoms with Crippen LogP contribution in [0.2, 0.25) is 0 Å². The average Bonchev–Trinajstić information content (AvgIpc) is 2.89. The fourth-order valence-corrected chi connectivity index (χ4v) is 2.39. The van der Waals surface area contributed by atoms with Gasteiger partial charge in [-0.1, -0.05) is 31.6 Å². The maximum Gasteiger partial charge on any atom is 0.261 e. The van der Waals surface area contributed by atoms with Gasteiger partial charge in [-0.05, 0) is 32.4 Å². The van der Waals surface area contributed by atoms with Crippen LogP contribution in [0.15, 0.2) is 12.1 Å². The zero-order chi connectivity index (χ0) is 16.8. The van der Waals surface area contributed by atoms with Crippen molar-refractivity contribution in [2.24, 2.45) is 0 Å². The van der Waals surface area contributed by atoms with Crippen LogP contribution in [-0.4, -0.2) is 28.6 Å². The van der Waals surface area contributed by atoms with Crippen molar-refractivity contribution in [2.45, 2.75) is 51.7 Å². The molecule has 6 heteroatoms. The zero-order valence-electron chi connectivity index (χ0n) is 12.9. The lowest BCUT2D eigenvalue weighted by Gasteiger charge is -2.18. The van der Waals surface area contributed by atoms with E-state index in [9.17, 15) is 19.8 Å². The molecule has 0 unspecified atom stereocenters. The summed E-state index contributed by atoms with van der Waals surface area (Å²) in [5.41, 5.74) is -1.10. The third-order valence-electron chi connectivity index (χ3n) is 2.76. The van der Waals surface area contributed by atoms with Crippen molar-refractivity contribution in [3.05, 3.63) is 21.9 Å². The number of carbonyl (C=O) groups is 2. The van der Waals surface area contributed by atoms with Crippen LogP contribution >= 0.6 is 11.3 Å². The fraction of sp³-hybridized carbons (Fsp3) is 0.500. The molecule has 1 atom stereocenters. The maximum absolute atomic E-state index is 12.0. The molecule has 0 spiro atoms. The van der Waals surface area contributed by atoms with E-state index in [2.05, 4.69) is 17.2 Å². The van der Waals surface area contributed by atoms with Gasteiger partial charge in [-0.15, -0.1) is 11.3 Å². The summed E-state index contributed by atoms with van der Waals surface area (Å²) >= 11 is 1.15. The van der Waals surface area contributed by atoms with E-state index in [1.165, 1.54) is 0 Å². The van der Waals surface area contributed by atoms with Gasteiger partial charge in [0.25, 0.3) is 5.91 Å². The minimum atomic E-state index is -1.28. The summed E-state index contributed by atoms with van der Waals surface area (Å²) in [4.78, 5) is 24.1. The Morgan fingerprint density at radius 2 is 2.14 bits per heavy atom. The van der Waals surface area contributed by atoms with Gasteiger partial charge in [0.1, 0.15) is 5.60 Å². The quantitative estimate of drug-likeness (QED) is 0.762. The highest BCUT2D eigenvalue weighted by Crippen LogP contribution is 2.16. The molecule has 0 radical (unpaired) electrons. The van der Waals surface area contributed by atoms with E-state index in [4.69, 9.17) is 0 Å². The number of rotatable bonds is 6. The largest absolute Gasteiger partial charge is 0.548 e. The summed E-state index contributed by atoms with van der Waals surface area (Å²) in [6, 6.07) is 2.26. The van der Waals surface area contributed by atoms with Gasteiger partial charge in [-0.3, -0.25) is 4.79 Å². The van der Waals surface area contributed by atoms with Crippen LogP contribution in [0.25, 0.3) is 0 Å². The summed E-state index contributed by atoms with van der Waals surface area (Å²) in [5, 5.41) is 23.0. The Labute approximate surface area is 134 Å². The lowest BCUT2D eigenvalue weighted by Crippen LogP contribution is -2.47. The van der Waals surface area contributed by atoms with E-state index in [-0.39, 0.29) is 0 Å². The molecular weight excluding hydrogens is 302 g/mol. The Kier molecular flexibility index (Phi) is 6.60. The normalized spacial score (nSPS) is 12.2. The van der Waals surface area contributed by atoms with Gasteiger partial charge in [-0.2, -0.15) is 0 Å². The Hall–Kier alpha value is -1.84.